The van der Waals surface area contributed by atoms with Crippen LogP contribution in [0.25, 0.3) is 11.3 Å². The van der Waals surface area contributed by atoms with E-state index >= 15 is 0 Å². The fourth-order valence-electron chi connectivity index (χ4n) is 2.76. The van der Waals surface area contributed by atoms with Gasteiger partial charge in [-0.1, -0.05) is 30.3 Å². The molecule has 2 aromatic rings. The summed E-state index contributed by atoms with van der Waals surface area (Å²) < 4.78 is 0. The van der Waals surface area contributed by atoms with Crippen molar-refractivity contribution in [1.29, 1.82) is 0 Å². The van der Waals surface area contributed by atoms with Crippen LogP contribution in [0.4, 0.5) is 10.6 Å². The van der Waals surface area contributed by atoms with E-state index in [1.807, 2.05) is 55.1 Å². The molecule has 1 aliphatic rings. The second kappa shape index (κ2) is 7.29. The molecular weight excluding hydrogens is 302 g/mol. The van der Waals surface area contributed by atoms with Crippen molar-refractivity contribution in [3.8, 4) is 11.3 Å². The molecule has 1 aromatic heterocycles. The van der Waals surface area contributed by atoms with Crippen LogP contribution in [0.5, 0.6) is 0 Å². The first-order valence-electron chi connectivity index (χ1n) is 8.31. The van der Waals surface area contributed by atoms with Gasteiger partial charge in [0.25, 0.3) is 0 Å². The van der Waals surface area contributed by atoms with Gasteiger partial charge in [-0.2, -0.15) is 0 Å². The van der Waals surface area contributed by atoms with Crippen molar-refractivity contribution in [2.75, 3.05) is 31.1 Å². The Morgan fingerprint density at radius 3 is 2.46 bits per heavy atom. The number of hydrogen-bond acceptors (Lipinski definition) is 4. The minimum Gasteiger partial charge on any atom is -0.353 e. The highest BCUT2D eigenvalue weighted by Gasteiger charge is 2.22. The van der Waals surface area contributed by atoms with Gasteiger partial charge in [0.15, 0.2) is 0 Å². The number of aromatic nitrogens is 2. The number of rotatable bonds is 3. The van der Waals surface area contributed by atoms with Crippen LogP contribution in [0.2, 0.25) is 0 Å². The molecule has 2 amide bonds. The van der Waals surface area contributed by atoms with Gasteiger partial charge in [-0.3, -0.25) is 0 Å². The Hall–Kier alpha value is -2.63. The first kappa shape index (κ1) is 16.2. The number of anilines is 1. The molecule has 1 aromatic carbocycles. The molecule has 0 bridgehead atoms. The largest absolute Gasteiger partial charge is 0.353 e. The van der Waals surface area contributed by atoms with Crippen molar-refractivity contribution in [3.05, 3.63) is 42.7 Å². The second-order valence-electron chi connectivity index (χ2n) is 6.21. The summed E-state index contributed by atoms with van der Waals surface area (Å²) in [5.74, 6) is 0.910. The van der Waals surface area contributed by atoms with Gasteiger partial charge in [0.1, 0.15) is 12.1 Å². The van der Waals surface area contributed by atoms with Crippen LogP contribution >= 0.6 is 0 Å². The summed E-state index contributed by atoms with van der Waals surface area (Å²) in [6.07, 6.45) is 1.61. The van der Waals surface area contributed by atoms with E-state index in [1.165, 1.54) is 0 Å². The Morgan fingerprint density at radius 1 is 1.08 bits per heavy atom. The zero-order valence-corrected chi connectivity index (χ0v) is 14.1. The van der Waals surface area contributed by atoms with Gasteiger partial charge >= 0.3 is 6.03 Å². The third-order valence-corrected chi connectivity index (χ3v) is 4.03. The number of nitrogens with zero attached hydrogens (tertiary/aromatic N) is 4. The van der Waals surface area contributed by atoms with Gasteiger partial charge in [0, 0.05) is 43.9 Å². The van der Waals surface area contributed by atoms with E-state index in [4.69, 9.17) is 0 Å². The third-order valence-electron chi connectivity index (χ3n) is 4.03. The Bertz CT molecular complexity index is 681. The molecule has 0 spiro atoms. The molecular formula is C18H23N5O. The average molecular weight is 325 g/mol. The number of carbonyl (C=O) groups excluding carboxylic acids is 1. The first-order valence-corrected chi connectivity index (χ1v) is 8.31. The molecule has 6 heteroatoms. The summed E-state index contributed by atoms with van der Waals surface area (Å²) in [4.78, 5) is 24.9. The predicted molar refractivity (Wildman–Crippen MR) is 94.9 cm³/mol. The average Bonchev–Trinajstić information content (AvgIpc) is 2.62. The minimum atomic E-state index is 0.0114. The molecule has 1 aliphatic heterocycles. The molecule has 126 valence electrons. The predicted octanol–water partition coefficient (Wildman–Crippen LogP) is 2.38. The number of nitrogens with one attached hydrogen (secondary N) is 1. The van der Waals surface area contributed by atoms with Gasteiger partial charge in [-0.05, 0) is 13.8 Å². The molecule has 6 nitrogen and oxygen atoms in total. The molecule has 2 heterocycles. The molecule has 1 saturated heterocycles. The van der Waals surface area contributed by atoms with E-state index in [0.717, 1.165) is 30.2 Å². The quantitative estimate of drug-likeness (QED) is 0.941. The summed E-state index contributed by atoms with van der Waals surface area (Å²) in [5, 5.41) is 2.94. The number of hydrogen-bond donors (Lipinski definition) is 1. The summed E-state index contributed by atoms with van der Waals surface area (Å²) in [6.45, 7) is 6.89. The number of amides is 2. The summed E-state index contributed by atoms with van der Waals surface area (Å²) >= 11 is 0. The Labute approximate surface area is 142 Å². The second-order valence-corrected chi connectivity index (χ2v) is 6.21. The topological polar surface area (TPSA) is 61.4 Å². The van der Waals surface area contributed by atoms with Crippen LogP contribution in [0.3, 0.4) is 0 Å². The zero-order valence-electron chi connectivity index (χ0n) is 14.1. The lowest BCUT2D eigenvalue weighted by atomic mass is 10.1. The van der Waals surface area contributed by atoms with E-state index < -0.39 is 0 Å². The SMILES string of the molecule is CC(C)NC(=O)N1CCN(c2cc(-c3ccccc3)ncn2)CC1. The smallest absolute Gasteiger partial charge is 0.317 e. The number of benzene rings is 1. The monoisotopic (exact) mass is 325 g/mol. The third kappa shape index (κ3) is 3.82. The van der Waals surface area contributed by atoms with Gasteiger partial charge in [-0.25, -0.2) is 14.8 Å². The van der Waals surface area contributed by atoms with Gasteiger partial charge in [0.2, 0.25) is 0 Å². The summed E-state index contributed by atoms with van der Waals surface area (Å²) in [5.41, 5.74) is 2.00. The fraction of sp³-hybridized carbons (Fsp3) is 0.389. The number of carbonyl (C=O) groups is 1. The van der Waals surface area contributed by atoms with Gasteiger partial charge in [-0.15, -0.1) is 0 Å². The summed E-state index contributed by atoms with van der Waals surface area (Å²) in [7, 11) is 0. The lowest BCUT2D eigenvalue weighted by Crippen LogP contribution is -2.53. The van der Waals surface area contributed by atoms with Crippen LogP contribution < -0.4 is 10.2 Å². The zero-order chi connectivity index (χ0) is 16.9. The molecule has 24 heavy (non-hydrogen) atoms. The maximum Gasteiger partial charge on any atom is 0.317 e. The Kier molecular flexibility index (Phi) is 4.93. The molecule has 1 fully saturated rings. The standard InChI is InChI=1S/C18H23N5O/c1-14(2)21-18(24)23-10-8-22(9-11-23)17-12-16(19-13-20-17)15-6-4-3-5-7-15/h3-7,12-14H,8-11H2,1-2H3,(H,21,24). The Morgan fingerprint density at radius 2 is 1.79 bits per heavy atom. The molecule has 0 aliphatic carbocycles. The summed E-state index contributed by atoms with van der Waals surface area (Å²) in [6, 6.07) is 12.3. The van der Waals surface area contributed by atoms with Crippen molar-refractivity contribution in [2.45, 2.75) is 19.9 Å². The fourth-order valence-corrected chi connectivity index (χ4v) is 2.76. The van der Waals surface area contributed by atoms with Crippen molar-refractivity contribution in [1.82, 2.24) is 20.2 Å². The van der Waals surface area contributed by atoms with Crippen LogP contribution in [-0.2, 0) is 0 Å². The number of urea groups is 1. The van der Waals surface area contributed by atoms with Crippen LogP contribution in [-0.4, -0.2) is 53.1 Å². The molecule has 0 saturated carbocycles. The van der Waals surface area contributed by atoms with Gasteiger partial charge < -0.3 is 15.1 Å². The van der Waals surface area contributed by atoms with Gasteiger partial charge in [0.05, 0.1) is 5.69 Å². The van der Waals surface area contributed by atoms with E-state index in [0.29, 0.717) is 13.1 Å². The number of piperazine rings is 1. The Balaban J connectivity index is 1.66. The van der Waals surface area contributed by atoms with Crippen molar-refractivity contribution >= 4 is 11.8 Å². The van der Waals surface area contributed by atoms with Crippen LogP contribution in [0.1, 0.15) is 13.8 Å². The molecule has 3 rings (SSSR count). The molecule has 1 N–H and O–H groups in total. The van der Waals surface area contributed by atoms with Crippen LogP contribution in [0.15, 0.2) is 42.7 Å². The normalized spacial score (nSPS) is 14.8. The minimum absolute atomic E-state index is 0.0114. The highest BCUT2D eigenvalue weighted by Crippen LogP contribution is 2.21. The lowest BCUT2D eigenvalue weighted by molar-refractivity contribution is 0.191. The van der Waals surface area contributed by atoms with Crippen molar-refractivity contribution in [3.63, 3.8) is 0 Å². The van der Waals surface area contributed by atoms with Crippen molar-refractivity contribution < 1.29 is 4.79 Å². The maximum atomic E-state index is 12.1. The highest BCUT2D eigenvalue weighted by molar-refractivity contribution is 5.74. The molecule has 0 unspecified atom stereocenters. The van der Waals surface area contributed by atoms with E-state index in [-0.39, 0.29) is 12.1 Å². The highest BCUT2D eigenvalue weighted by atomic mass is 16.2. The lowest BCUT2D eigenvalue weighted by Gasteiger charge is -2.35. The van der Waals surface area contributed by atoms with E-state index in [1.54, 1.807) is 6.33 Å². The first-order chi connectivity index (χ1) is 11.6. The maximum absolute atomic E-state index is 12.1. The van der Waals surface area contributed by atoms with Crippen LogP contribution in [0, 0.1) is 0 Å². The van der Waals surface area contributed by atoms with E-state index in [9.17, 15) is 4.79 Å². The van der Waals surface area contributed by atoms with Crippen molar-refractivity contribution in [2.24, 2.45) is 0 Å². The molecule has 0 atom stereocenters. The molecule has 0 radical (unpaired) electrons. The van der Waals surface area contributed by atoms with E-state index in [2.05, 4.69) is 20.2 Å².